The molecule has 4 heteroatoms. The zero-order valence-corrected chi connectivity index (χ0v) is 9.99. The number of nitrogens with one attached hydrogen (secondary N) is 2. The van der Waals surface area contributed by atoms with Crippen LogP contribution >= 0.6 is 0 Å². The summed E-state index contributed by atoms with van der Waals surface area (Å²) in [5, 5.41) is 10.2. The number of aromatic hydroxyl groups is 1. The highest BCUT2D eigenvalue weighted by Crippen LogP contribution is 2.23. The summed E-state index contributed by atoms with van der Waals surface area (Å²) in [7, 11) is 0. The predicted molar refractivity (Wildman–Crippen MR) is 68.1 cm³/mol. The Morgan fingerprint density at radius 1 is 1.29 bits per heavy atom. The number of hydroxylamine groups is 1. The monoisotopic (exact) mass is 234 g/mol. The first-order valence-electron chi connectivity index (χ1n) is 6.01. The number of unbranched alkanes of at least 4 members (excludes halogenated alkanes) is 2. The molecule has 0 aliphatic heterocycles. The molecule has 0 radical (unpaired) electrons. The lowest BCUT2D eigenvalue weighted by Crippen LogP contribution is -2.19. The Kier molecular flexibility index (Phi) is 3.88. The molecule has 0 aliphatic rings. The normalized spacial score (nSPS) is 10.9. The largest absolute Gasteiger partial charge is 0.495 e. The smallest absolute Gasteiger partial charge is 0.189 e. The van der Waals surface area contributed by atoms with Crippen LogP contribution in [-0.2, 0) is 0 Å². The van der Waals surface area contributed by atoms with E-state index in [0.29, 0.717) is 0 Å². The van der Waals surface area contributed by atoms with Crippen LogP contribution in [0.2, 0.25) is 0 Å². The summed E-state index contributed by atoms with van der Waals surface area (Å²) < 4.78 is 0. The lowest BCUT2D eigenvalue weighted by molar-refractivity contribution is 0.194. The Labute approximate surface area is 101 Å². The summed E-state index contributed by atoms with van der Waals surface area (Å²) in [5.41, 5.74) is 3.84. The minimum absolute atomic E-state index is 0.174. The zero-order chi connectivity index (χ0) is 12.1. The lowest BCUT2D eigenvalue weighted by Gasteiger charge is -2.06. The fraction of sp³-hybridized carbons (Fsp3) is 0.385. The lowest BCUT2D eigenvalue weighted by atomic mass is 10.2. The highest BCUT2D eigenvalue weighted by Gasteiger charge is 2.01. The van der Waals surface area contributed by atoms with E-state index in [4.69, 9.17) is 4.84 Å². The molecule has 3 N–H and O–H groups in total. The fourth-order valence-corrected chi connectivity index (χ4v) is 1.74. The fourth-order valence-electron chi connectivity index (χ4n) is 1.74. The molecule has 4 nitrogen and oxygen atoms in total. The number of hydrogen-bond donors (Lipinski definition) is 3. The molecule has 1 aromatic carbocycles. The van der Waals surface area contributed by atoms with E-state index in [2.05, 4.69) is 17.4 Å². The summed E-state index contributed by atoms with van der Waals surface area (Å²) in [6.07, 6.45) is 3.53. The first kappa shape index (κ1) is 11.8. The molecule has 0 spiro atoms. The van der Waals surface area contributed by atoms with Crippen molar-refractivity contribution in [3.8, 4) is 11.6 Å². The number of hydrogen-bond acceptors (Lipinski definition) is 3. The second kappa shape index (κ2) is 5.59. The minimum Gasteiger partial charge on any atom is -0.495 e. The van der Waals surface area contributed by atoms with Gasteiger partial charge in [0.1, 0.15) is 5.75 Å². The molecule has 0 amide bonds. The molecule has 0 fully saturated rings. The number of H-pyrrole nitrogens is 1. The van der Waals surface area contributed by atoms with Gasteiger partial charge in [0.05, 0.1) is 0 Å². The van der Waals surface area contributed by atoms with Gasteiger partial charge in [0.2, 0.25) is 0 Å². The maximum absolute atomic E-state index is 9.31. The Hall–Kier alpha value is -1.68. The number of aromatic nitrogens is 1. The average molecular weight is 234 g/mol. The number of rotatable bonds is 6. The van der Waals surface area contributed by atoms with Crippen molar-refractivity contribution in [1.29, 1.82) is 0 Å². The van der Waals surface area contributed by atoms with Gasteiger partial charge in [-0.25, -0.2) is 0 Å². The van der Waals surface area contributed by atoms with E-state index in [1.807, 2.05) is 18.2 Å². The Morgan fingerprint density at radius 3 is 3.00 bits per heavy atom. The van der Waals surface area contributed by atoms with Crippen molar-refractivity contribution in [2.75, 3.05) is 6.54 Å². The van der Waals surface area contributed by atoms with Gasteiger partial charge < -0.3 is 14.9 Å². The van der Waals surface area contributed by atoms with E-state index in [0.717, 1.165) is 29.6 Å². The van der Waals surface area contributed by atoms with Crippen LogP contribution in [0.5, 0.6) is 11.6 Å². The molecule has 0 saturated heterocycles. The summed E-state index contributed by atoms with van der Waals surface area (Å²) >= 11 is 0. The highest BCUT2D eigenvalue weighted by molar-refractivity contribution is 5.82. The van der Waals surface area contributed by atoms with Gasteiger partial charge in [0, 0.05) is 23.5 Å². The summed E-state index contributed by atoms with van der Waals surface area (Å²) in [4.78, 5) is 8.27. The van der Waals surface area contributed by atoms with Crippen LogP contribution in [0.1, 0.15) is 26.2 Å². The molecule has 0 atom stereocenters. The number of benzene rings is 1. The van der Waals surface area contributed by atoms with Gasteiger partial charge in [-0.05, 0) is 24.6 Å². The van der Waals surface area contributed by atoms with E-state index in [1.54, 1.807) is 6.07 Å². The summed E-state index contributed by atoms with van der Waals surface area (Å²) in [6.45, 7) is 3.03. The molecule has 92 valence electrons. The summed E-state index contributed by atoms with van der Waals surface area (Å²) in [6, 6.07) is 7.32. The van der Waals surface area contributed by atoms with Gasteiger partial charge in [0.15, 0.2) is 5.88 Å². The third-order valence-corrected chi connectivity index (χ3v) is 2.65. The van der Waals surface area contributed by atoms with Crippen LogP contribution in [0.4, 0.5) is 0 Å². The molecule has 0 bridgehead atoms. The third kappa shape index (κ3) is 3.14. The standard InChI is InChI=1S/C13H18N2O2/c1-2-3-4-7-14-17-11-5-6-12-10(8-11)9-13(16)15-12/h5-6,8-9,14-16H,2-4,7H2,1H3. The molecular weight excluding hydrogens is 216 g/mol. The first-order valence-corrected chi connectivity index (χ1v) is 6.01. The predicted octanol–water partition coefficient (Wildman–Crippen LogP) is 2.95. The van der Waals surface area contributed by atoms with Crippen LogP contribution in [0.3, 0.4) is 0 Å². The van der Waals surface area contributed by atoms with E-state index >= 15 is 0 Å². The van der Waals surface area contributed by atoms with Gasteiger partial charge in [0.25, 0.3) is 0 Å². The molecule has 0 aliphatic carbocycles. The summed E-state index contributed by atoms with van der Waals surface area (Å²) in [5.74, 6) is 0.932. The minimum atomic E-state index is 0.174. The molecular formula is C13H18N2O2. The third-order valence-electron chi connectivity index (χ3n) is 2.65. The second-order valence-electron chi connectivity index (χ2n) is 4.11. The molecule has 1 heterocycles. The van der Waals surface area contributed by atoms with Crippen molar-refractivity contribution in [1.82, 2.24) is 10.5 Å². The van der Waals surface area contributed by atoms with Crippen LogP contribution in [0.15, 0.2) is 24.3 Å². The quantitative estimate of drug-likeness (QED) is 0.532. The van der Waals surface area contributed by atoms with Crippen LogP contribution < -0.4 is 10.3 Å². The van der Waals surface area contributed by atoms with E-state index < -0.39 is 0 Å². The average Bonchev–Trinajstić information content (AvgIpc) is 2.68. The van der Waals surface area contributed by atoms with Gasteiger partial charge >= 0.3 is 0 Å². The van der Waals surface area contributed by atoms with Gasteiger partial charge in [-0.1, -0.05) is 19.8 Å². The van der Waals surface area contributed by atoms with Crippen LogP contribution in [0, 0.1) is 0 Å². The first-order chi connectivity index (χ1) is 8.29. The van der Waals surface area contributed by atoms with Gasteiger partial charge in [-0.15, -0.1) is 0 Å². The topological polar surface area (TPSA) is 57.3 Å². The maximum atomic E-state index is 9.31. The van der Waals surface area contributed by atoms with Crippen molar-refractivity contribution in [3.63, 3.8) is 0 Å². The van der Waals surface area contributed by atoms with Gasteiger partial charge in [-0.2, -0.15) is 5.48 Å². The molecule has 2 rings (SSSR count). The van der Waals surface area contributed by atoms with Crippen LogP contribution in [0.25, 0.3) is 10.9 Å². The molecule has 0 saturated carbocycles. The Bertz CT molecular complexity index is 479. The van der Waals surface area contributed by atoms with E-state index in [-0.39, 0.29) is 5.88 Å². The Morgan fingerprint density at radius 2 is 2.18 bits per heavy atom. The molecule has 0 unspecified atom stereocenters. The van der Waals surface area contributed by atoms with Crippen molar-refractivity contribution >= 4 is 10.9 Å². The number of fused-ring (bicyclic) bond motifs is 1. The molecule has 17 heavy (non-hydrogen) atoms. The van der Waals surface area contributed by atoms with Gasteiger partial charge in [-0.3, -0.25) is 0 Å². The Balaban J connectivity index is 1.90. The van der Waals surface area contributed by atoms with E-state index in [9.17, 15) is 5.11 Å². The molecule has 1 aromatic heterocycles. The highest BCUT2D eigenvalue weighted by atomic mass is 16.6. The van der Waals surface area contributed by atoms with E-state index in [1.165, 1.54) is 12.8 Å². The SMILES string of the molecule is CCCCCNOc1ccc2[nH]c(O)cc2c1. The van der Waals surface area contributed by atoms with Crippen molar-refractivity contribution < 1.29 is 9.94 Å². The maximum Gasteiger partial charge on any atom is 0.189 e. The molecule has 2 aromatic rings. The van der Waals surface area contributed by atoms with Crippen molar-refractivity contribution in [3.05, 3.63) is 24.3 Å². The van der Waals surface area contributed by atoms with Crippen molar-refractivity contribution in [2.45, 2.75) is 26.2 Å². The second-order valence-corrected chi connectivity index (χ2v) is 4.11. The van der Waals surface area contributed by atoms with Crippen molar-refractivity contribution in [2.24, 2.45) is 0 Å². The zero-order valence-electron chi connectivity index (χ0n) is 9.99. The van der Waals surface area contributed by atoms with Crippen LogP contribution in [-0.4, -0.2) is 16.6 Å². The number of aromatic amines is 1.